The predicted molar refractivity (Wildman–Crippen MR) is 132 cm³/mol. The molecule has 1 aromatic heterocycles. The molecule has 3 aliphatic rings. The van der Waals surface area contributed by atoms with Crippen LogP contribution in [0, 0.1) is 5.41 Å². The van der Waals surface area contributed by atoms with E-state index >= 15 is 0 Å². The van der Waals surface area contributed by atoms with Crippen LogP contribution in [-0.2, 0) is 14.4 Å². The molecule has 178 valence electrons. The maximum absolute atomic E-state index is 13.2. The summed E-state index contributed by atoms with van der Waals surface area (Å²) in [6.07, 6.45) is 2.43. The molecule has 0 spiro atoms. The van der Waals surface area contributed by atoms with Crippen LogP contribution in [0.3, 0.4) is 0 Å². The number of aliphatic carboxylic acids is 1. The first-order valence-corrected chi connectivity index (χ1v) is 12.8. The Balaban J connectivity index is 1.63. The van der Waals surface area contributed by atoms with Gasteiger partial charge in [-0.2, -0.15) is 12.6 Å². The number of aromatic nitrogens is 1. The predicted octanol–water partition coefficient (Wildman–Crippen LogP) is 1.29. The van der Waals surface area contributed by atoms with Crippen LogP contribution in [0.5, 0.6) is 0 Å². The topological polar surface area (TPSA) is 124 Å². The molecule has 5 atom stereocenters. The molecule has 4 heterocycles. The fourth-order valence-corrected chi connectivity index (χ4v) is 7.61. The van der Waals surface area contributed by atoms with E-state index in [-0.39, 0.29) is 22.3 Å². The molecular weight excluding hydrogens is 533 g/mol. The standard InChI is InChI=1S/C18H19Cl2N5O5S3/c1-8(26)25(23-3-9(19)12(27)10(20)4-23)11-13(28)24-5-18(16(29)30,6-32-14(11)24)15(31)17(2)21-7-33-22-17/h3-4,7,11,14-15,22,31H,5-6H2,1-2H3,(H,29,30)/t11?,14-,15?,17?,18?/m1/s1. The average Bonchev–Trinajstić information content (AvgIpc) is 3.21. The summed E-state index contributed by atoms with van der Waals surface area (Å²) in [5.74, 6) is -1.83. The van der Waals surface area contributed by atoms with Gasteiger partial charge in [-0.05, 0) is 18.9 Å². The van der Waals surface area contributed by atoms with Gasteiger partial charge in [-0.1, -0.05) is 23.2 Å². The lowest BCUT2D eigenvalue weighted by Crippen LogP contribution is -2.77. The van der Waals surface area contributed by atoms with E-state index in [2.05, 4.69) is 22.3 Å². The zero-order valence-corrected chi connectivity index (χ0v) is 21.3. The summed E-state index contributed by atoms with van der Waals surface area (Å²) in [6.45, 7) is 2.94. The number of thiol groups is 1. The van der Waals surface area contributed by atoms with Crippen LogP contribution in [0.1, 0.15) is 13.8 Å². The number of carboxylic acids is 1. The first-order valence-electron chi connectivity index (χ1n) is 9.60. The molecule has 4 rings (SSSR count). The third kappa shape index (κ3) is 3.86. The highest BCUT2D eigenvalue weighted by Gasteiger charge is 2.63. The van der Waals surface area contributed by atoms with E-state index in [1.54, 1.807) is 12.5 Å². The zero-order chi connectivity index (χ0) is 24.3. The molecule has 2 fully saturated rings. The Morgan fingerprint density at radius 3 is 2.52 bits per heavy atom. The summed E-state index contributed by atoms with van der Waals surface area (Å²) in [4.78, 5) is 55.8. The number of amides is 2. The van der Waals surface area contributed by atoms with E-state index in [0.717, 1.165) is 0 Å². The first-order chi connectivity index (χ1) is 15.4. The largest absolute Gasteiger partial charge is 0.481 e. The van der Waals surface area contributed by atoms with Crippen LogP contribution in [-0.4, -0.2) is 72.6 Å². The zero-order valence-electron chi connectivity index (χ0n) is 17.3. The van der Waals surface area contributed by atoms with Crippen LogP contribution >= 0.6 is 59.5 Å². The molecule has 0 aromatic carbocycles. The van der Waals surface area contributed by atoms with Crippen LogP contribution < -0.4 is 15.2 Å². The number of aliphatic imine (C=N–C) groups is 1. The van der Waals surface area contributed by atoms with Gasteiger partial charge in [-0.3, -0.25) is 28.8 Å². The number of β-lactam (4-membered cyclic amide) rings is 1. The minimum atomic E-state index is -1.38. The summed E-state index contributed by atoms with van der Waals surface area (Å²) in [5, 5.41) is 9.69. The van der Waals surface area contributed by atoms with E-state index in [1.807, 2.05) is 0 Å². The molecule has 2 N–H and O–H groups in total. The molecule has 0 aliphatic carbocycles. The van der Waals surface area contributed by atoms with Crippen LogP contribution in [0.2, 0.25) is 10.0 Å². The fraction of sp³-hybridized carbons (Fsp3) is 0.500. The Labute approximate surface area is 212 Å². The summed E-state index contributed by atoms with van der Waals surface area (Å²) < 4.78 is 4.31. The number of rotatable bonds is 5. The molecule has 0 radical (unpaired) electrons. The number of carbonyl (C=O) groups is 3. The van der Waals surface area contributed by atoms with Crippen molar-refractivity contribution in [1.82, 2.24) is 14.3 Å². The van der Waals surface area contributed by atoms with Crippen molar-refractivity contribution < 1.29 is 19.5 Å². The molecule has 2 saturated heterocycles. The normalized spacial score (nSPS) is 31.7. The maximum Gasteiger partial charge on any atom is 0.313 e. The summed E-state index contributed by atoms with van der Waals surface area (Å²) >= 11 is 19.0. The molecular formula is C18H19Cl2N5O5S3. The molecule has 33 heavy (non-hydrogen) atoms. The van der Waals surface area contributed by atoms with E-state index in [4.69, 9.17) is 23.2 Å². The smallest absolute Gasteiger partial charge is 0.313 e. The number of halogens is 2. The van der Waals surface area contributed by atoms with Gasteiger partial charge in [-0.25, -0.2) is 9.73 Å². The fourth-order valence-electron chi connectivity index (χ4n) is 4.18. The van der Waals surface area contributed by atoms with Crippen molar-refractivity contribution in [2.75, 3.05) is 17.3 Å². The first kappa shape index (κ1) is 24.7. The average molecular weight is 552 g/mol. The van der Waals surface area contributed by atoms with Crippen LogP contribution in [0.4, 0.5) is 0 Å². The Morgan fingerprint density at radius 2 is 2.00 bits per heavy atom. The number of thioether (sulfide) groups is 1. The lowest BCUT2D eigenvalue weighted by Gasteiger charge is -2.57. The number of hydrogen-bond acceptors (Lipinski definition) is 9. The molecule has 1 aromatic rings. The van der Waals surface area contributed by atoms with Gasteiger partial charge in [0, 0.05) is 31.6 Å². The van der Waals surface area contributed by atoms with Crippen LogP contribution in [0.25, 0.3) is 0 Å². The van der Waals surface area contributed by atoms with Gasteiger partial charge in [-0.15, -0.1) is 11.8 Å². The molecule has 0 bridgehead atoms. The van der Waals surface area contributed by atoms with Crippen molar-refractivity contribution in [3.05, 3.63) is 32.7 Å². The monoisotopic (exact) mass is 551 g/mol. The number of fused-ring (bicyclic) bond motifs is 1. The van der Waals surface area contributed by atoms with Crippen LogP contribution in [0.15, 0.2) is 22.2 Å². The quantitative estimate of drug-likeness (QED) is 0.284. The van der Waals surface area contributed by atoms with E-state index in [9.17, 15) is 24.3 Å². The Bertz CT molecular complexity index is 1110. The summed E-state index contributed by atoms with van der Waals surface area (Å²) in [5.41, 5.74) is -1.30. The number of nitrogens with zero attached hydrogens (tertiary/aromatic N) is 4. The second-order valence-electron chi connectivity index (χ2n) is 8.11. The van der Waals surface area contributed by atoms with E-state index in [1.165, 1.54) is 57.6 Å². The van der Waals surface area contributed by atoms with E-state index < -0.39 is 51.0 Å². The second kappa shape index (κ2) is 8.68. The van der Waals surface area contributed by atoms with Gasteiger partial charge in [0.25, 0.3) is 5.91 Å². The Hall–Kier alpha value is -1.38. The van der Waals surface area contributed by atoms with Gasteiger partial charge >= 0.3 is 5.97 Å². The second-order valence-corrected chi connectivity index (χ2v) is 11.2. The highest BCUT2D eigenvalue weighted by Crippen LogP contribution is 2.49. The molecule has 3 aliphatic heterocycles. The number of carbonyl (C=O) groups excluding carboxylic acids is 2. The third-order valence-electron chi connectivity index (χ3n) is 5.96. The number of nitrogens with one attached hydrogen (secondary N) is 1. The van der Waals surface area contributed by atoms with Crippen molar-refractivity contribution in [2.24, 2.45) is 10.4 Å². The lowest BCUT2D eigenvalue weighted by molar-refractivity contribution is -0.159. The van der Waals surface area contributed by atoms with Gasteiger partial charge in [0.2, 0.25) is 11.3 Å². The Kier molecular flexibility index (Phi) is 6.51. The van der Waals surface area contributed by atoms with Gasteiger partial charge in [0.05, 0.1) is 10.8 Å². The number of pyridine rings is 1. The SMILES string of the molecule is CC(=O)N(C1C(=O)N2CC(C(=O)O)(C(S)C3(C)N=CSN3)CS[C@H]12)n1cc(Cl)c(=O)c(Cl)c1. The number of hydrogen-bond donors (Lipinski definition) is 3. The minimum absolute atomic E-state index is 0.0849. The minimum Gasteiger partial charge on any atom is -0.481 e. The van der Waals surface area contributed by atoms with Gasteiger partial charge in [0.1, 0.15) is 26.5 Å². The molecule has 2 amide bonds. The maximum atomic E-state index is 13.2. The molecule has 15 heteroatoms. The van der Waals surface area contributed by atoms with Crippen molar-refractivity contribution in [3.8, 4) is 0 Å². The highest BCUT2D eigenvalue weighted by molar-refractivity contribution is 8.10. The summed E-state index contributed by atoms with van der Waals surface area (Å²) in [6, 6.07) is -0.916. The van der Waals surface area contributed by atoms with Gasteiger partial charge < -0.3 is 10.0 Å². The van der Waals surface area contributed by atoms with Crippen molar-refractivity contribution in [2.45, 2.75) is 36.2 Å². The highest BCUT2D eigenvalue weighted by atomic mass is 35.5. The van der Waals surface area contributed by atoms with Crippen molar-refractivity contribution in [1.29, 1.82) is 0 Å². The van der Waals surface area contributed by atoms with E-state index in [0.29, 0.717) is 0 Å². The van der Waals surface area contributed by atoms with Crippen molar-refractivity contribution >= 4 is 82.9 Å². The third-order valence-corrected chi connectivity index (χ3v) is 9.77. The molecule has 0 saturated carbocycles. The number of carboxylic acid groups (broad SMARTS) is 1. The molecule has 4 unspecified atom stereocenters. The lowest BCUT2D eigenvalue weighted by atomic mass is 9.78. The van der Waals surface area contributed by atoms with Gasteiger partial charge in [0.15, 0.2) is 6.04 Å². The van der Waals surface area contributed by atoms with Crippen molar-refractivity contribution in [3.63, 3.8) is 0 Å². The summed E-state index contributed by atoms with van der Waals surface area (Å²) in [7, 11) is 0. The Morgan fingerprint density at radius 1 is 1.36 bits per heavy atom. The molecule has 10 nitrogen and oxygen atoms in total.